The Balaban J connectivity index is 1.65. The fourth-order valence-electron chi connectivity index (χ4n) is 3.51. The zero-order chi connectivity index (χ0) is 27.4. The lowest BCUT2D eigenvalue weighted by Gasteiger charge is -2.19. The van der Waals surface area contributed by atoms with Crippen molar-refractivity contribution in [2.24, 2.45) is 5.92 Å². The summed E-state index contributed by atoms with van der Waals surface area (Å²) in [5.41, 5.74) is 1.12. The first-order valence-corrected chi connectivity index (χ1v) is 12.0. The van der Waals surface area contributed by atoms with E-state index >= 15 is 0 Å². The van der Waals surface area contributed by atoms with Gasteiger partial charge in [-0.05, 0) is 45.7 Å². The first-order valence-electron chi connectivity index (χ1n) is 12.0. The number of anilines is 3. The number of nitrogens with zero attached hydrogens (tertiary/aromatic N) is 4. The fraction of sp³-hybridized carbons (Fsp3) is 0.346. The van der Waals surface area contributed by atoms with Crippen molar-refractivity contribution >= 4 is 35.1 Å². The van der Waals surface area contributed by atoms with Gasteiger partial charge < -0.3 is 25.4 Å². The monoisotopic (exact) mass is 519 g/mol. The van der Waals surface area contributed by atoms with Crippen LogP contribution in [0.5, 0.6) is 5.75 Å². The minimum atomic E-state index is -0.637. The summed E-state index contributed by atoms with van der Waals surface area (Å²) < 4.78 is 11.0. The lowest BCUT2D eigenvalue weighted by atomic mass is 10.1. The van der Waals surface area contributed by atoms with E-state index in [1.54, 1.807) is 45.2 Å². The largest absolute Gasteiger partial charge is 0.492 e. The molecule has 2 amide bonds. The summed E-state index contributed by atoms with van der Waals surface area (Å²) in [5, 5.41) is 16.3. The van der Waals surface area contributed by atoms with E-state index in [4.69, 9.17) is 9.47 Å². The number of hydrogen-bond acceptors (Lipinski definition) is 10. The average Bonchev–Trinajstić information content (AvgIpc) is 3.73. The van der Waals surface area contributed by atoms with Crippen molar-refractivity contribution in [3.8, 4) is 16.9 Å². The molecule has 12 heteroatoms. The number of esters is 1. The van der Waals surface area contributed by atoms with Crippen LogP contribution in [0, 0.1) is 5.92 Å². The number of nitrogens with one attached hydrogen (secondary N) is 3. The molecule has 0 saturated heterocycles. The molecule has 3 aromatic heterocycles. The highest BCUT2D eigenvalue weighted by molar-refractivity contribution is 6.00. The van der Waals surface area contributed by atoms with Gasteiger partial charge in [0.1, 0.15) is 11.3 Å². The number of methoxy groups -OCH3 is 1. The van der Waals surface area contributed by atoms with Gasteiger partial charge in [0.15, 0.2) is 23.1 Å². The van der Waals surface area contributed by atoms with Crippen LogP contribution in [-0.2, 0) is 9.53 Å². The molecule has 1 fully saturated rings. The Morgan fingerprint density at radius 2 is 1.82 bits per heavy atom. The third kappa shape index (κ3) is 6.20. The van der Waals surface area contributed by atoms with E-state index in [9.17, 15) is 14.4 Å². The molecule has 0 spiro atoms. The highest BCUT2D eigenvalue weighted by Gasteiger charge is 2.30. The van der Waals surface area contributed by atoms with Crippen molar-refractivity contribution in [2.45, 2.75) is 39.2 Å². The maximum Gasteiger partial charge on any atom is 0.357 e. The van der Waals surface area contributed by atoms with Crippen molar-refractivity contribution in [3.05, 3.63) is 48.0 Å². The normalized spacial score (nSPS) is 12.9. The fourth-order valence-corrected chi connectivity index (χ4v) is 3.51. The van der Waals surface area contributed by atoms with Crippen LogP contribution in [0.25, 0.3) is 11.1 Å². The van der Waals surface area contributed by atoms with Crippen molar-refractivity contribution in [1.29, 1.82) is 0 Å². The first-order chi connectivity index (χ1) is 18.1. The van der Waals surface area contributed by atoms with E-state index in [0.717, 1.165) is 12.8 Å². The third-order valence-electron chi connectivity index (χ3n) is 5.48. The van der Waals surface area contributed by atoms with Crippen LogP contribution in [0.1, 0.15) is 54.6 Å². The van der Waals surface area contributed by atoms with Crippen molar-refractivity contribution in [1.82, 2.24) is 25.5 Å². The Morgan fingerprint density at radius 3 is 2.42 bits per heavy atom. The average molecular weight is 520 g/mol. The molecule has 1 saturated carbocycles. The molecular weight excluding hydrogens is 490 g/mol. The third-order valence-corrected chi connectivity index (χ3v) is 5.48. The smallest absolute Gasteiger partial charge is 0.357 e. The number of carbonyl (C=O) groups is 3. The van der Waals surface area contributed by atoms with Crippen molar-refractivity contribution < 1.29 is 23.9 Å². The summed E-state index contributed by atoms with van der Waals surface area (Å²) in [7, 11) is 2.96. The Bertz CT molecular complexity index is 1370. The van der Waals surface area contributed by atoms with Gasteiger partial charge >= 0.3 is 5.97 Å². The van der Waals surface area contributed by atoms with Gasteiger partial charge in [-0.3, -0.25) is 9.59 Å². The minimum Gasteiger partial charge on any atom is -0.492 e. The second-order valence-corrected chi connectivity index (χ2v) is 9.63. The van der Waals surface area contributed by atoms with Gasteiger partial charge in [-0.2, -0.15) is 0 Å². The molecule has 38 heavy (non-hydrogen) atoms. The zero-order valence-electron chi connectivity index (χ0n) is 21.8. The highest BCUT2D eigenvalue weighted by Crippen LogP contribution is 2.37. The Morgan fingerprint density at radius 1 is 1.05 bits per heavy atom. The van der Waals surface area contributed by atoms with E-state index in [0.29, 0.717) is 22.7 Å². The molecule has 1 aliphatic rings. The summed E-state index contributed by atoms with van der Waals surface area (Å²) in [5.74, 6) is -0.309. The van der Waals surface area contributed by atoms with Gasteiger partial charge in [0.25, 0.3) is 5.91 Å². The maximum absolute atomic E-state index is 12.5. The number of amides is 2. The molecule has 3 aromatic rings. The molecule has 12 nitrogen and oxygen atoms in total. The van der Waals surface area contributed by atoms with Gasteiger partial charge in [0.2, 0.25) is 5.91 Å². The van der Waals surface area contributed by atoms with Crippen LogP contribution in [0.15, 0.2) is 36.7 Å². The number of ether oxygens (including phenoxy) is 2. The predicted molar refractivity (Wildman–Crippen MR) is 139 cm³/mol. The molecule has 0 bridgehead atoms. The SMILES string of the molecule is CNC(=O)c1nnc(NC(=O)C2CC2)cc1Nc1nccc(-c2ccc(C(=O)OC(C)(C)C)nc2)c1OC. The second kappa shape index (κ2) is 10.8. The molecule has 0 radical (unpaired) electrons. The van der Waals surface area contributed by atoms with Gasteiger partial charge in [-0.25, -0.2) is 14.8 Å². The maximum atomic E-state index is 12.5. The second-order valence-electron chi connectivity index (χ2n) is 9.63. The molecule has 0 unspecified atom stereocenters. The minimum absolute atomic E-state index is 0.00885. The van der Waals surface area contributed by atoms with Crippen LogP contribution in [-0.4, -0.2) is 57.7 Å². The summed E-state index contributed by atoms with van der Waals surface area (Å²) in [6, 6.07) is 6.55. The van der Waals surface area contributed by atoms with E-state index < -0.39 is 17.5 Å². The molecule has 0 aromatic carbocycles. The molecule has 198 valence electrons. The van der Waals surface area contributed by atoms with Crippen LogP contribution in [0.2, 0.25) is 0 Å². The number of carbonyl (C=O) groups excluding carboxylic acids is 3. The van der Waals surface area contributed by atoms with E-state index in [1.165, 1.54) is 26.4 Å². The summed E-state index contributed by atoms with van der Waals surface area (Å²) in [4.78, 5) is 45.6. The topological polar surface area (TPSA) is 157 Å². The summed E-state index contributed by atoms with van der Waals surface area (Å²) in [6.07, 6.45) is 4.77. The molecule has 4 rings (SSSR count). The van der Waals surface area contributed by atoms with Crippen LogP contribution in [0.4, 0.5) is 17.3 Å². The van der Waals surface area contributed by atoms with Gasteiger partial charge in [-0.15, -0.1) is 10.2 Å². The van der Waals surface area contributed by atoms with E-state index in [2.05, 4.69) is 36.1 Å². The van der Waals surface area contributed by atoms with E-state index in [-0.39, 0.29) is 34.7 Å². The van der Waals surface area contributed by atoms with Gasteiger partial charge in [0.05, 0.1) is 12.8 Å². The quantitative estimate of drug-likeness (QED) is 0.377. The molecule has 3 heterocycles. The van der Waals surface area contributed by atoms with Gasteiger partial charge in [0, 0.05) is 42.6 Å². The van der Waals surface area contributed by atoms with Crippen LogP contribution in [0.3, 0.4) is 0 Å². The Hall–Kier alpha value is -4.61. The standard InChI is InChI=1S/C26H29N7O5/c1-26(2,3)38-25(36)17-9-8-15(13-29-17)16-10-11-28-22(21(16)37-5)30-18-12-19(31-23(34)14-6-7-14)32-33-20(18)24(35)27-4/h8-14H,6-7H2,1-5H3,(H,27,35)(H2,28,30,31,32,34). The van der Waals surface area contributed by atoms with Crippen molar-refractivity contribution in [2.75, 3.05) is 24.8 Å². The Labute approximate surface area is 219 Å². The summed E-state index contributed by atoms with van der Waals surface area (Å²) in [6.45, 7) is 5.36. The molecule has 1 aliphatic carbocycles. The lowest BCUT2D eigenvalue weighted by Crippen LogP contribution is -2.24. The summed E-state index contributed by atoms with van der Waals surface area (Å²) >= 11 is 0. The number of rotatable bonds is 8. The molecular formula is C26H29N7O5. The Kier molecular flexibility index (Phi) is 7.51. The van der Waals surface area contributed by atoms with Gasteiger partial charge in [-0.1, -0.05) is 6.07 Å². The van der Waals surface area contributed by atoms with Crippen molar-refractivity contribution in [3.63, 3.8) is 0 Å². The number of hydrogen-bond donors (Lipinski definition) is 3. The lowest BCUT2D eigenvalue weighted by molar-refractivity contribution is -0.117. The van der Waals surface area contributed by atoms with E-state index in [1.807, 2.05) is 0 Å². The molecule has 3 N–H and O–H groups in total. The van der Waals surface area contributed by atoms with Crippen LogP contribution >= 0.6 is 0 Å². The number of aromatic nitrogens is 4. The first kappa shape index (κ1) is 26.5. The number of pyridine rings is 2. The molecule has 0 atom stereocenters. The van der Waals surface area contributed by atoms with Crippen LogP contribution < -0.4 is 20.7 Å². The zero-order valence-corrected chi connectivity index (χ0v) is 21.8. The predicted octanol–water partition coefficient (Wildman–Crippen LogP) is 3.35. The highest BCUT2D eigenvalue weighted by atomic mass is 16.6. The molecule has 0 aliphatic heterocycles.